The van der Waals surface area contributed by atoms with E-state index >= 15 is 0 Å². The number of hydrogen-bond donors (Lipinski definition) is 1. The lowest BCUT2D eigenvalue weighted by atomic mass is 10.1. The molecule has 0 amide bonds. The van der Waals surface area contributed by atoms with E-state index in [-0.39, 0.29) is 5.82 Å². The van der Waals surface area contributed by atoms with Crippen LogP contribution in [0.5, 0.6) is 0 Å². The topological polar surface area (TPSA) is 25.2 Å². The largest absolute Gasteiger partial charge is 0.461 e. The van der Waals surface area contributed by atoms with Crippen LogP contribution in [0.1, 0.15) is 19.4 Å². The van der Waals surface area contributed by atoms with Crippen LogP contribution in [0.3, 0.4) is 0 Å². The van der Waals surface area contributed by atoms with Gasteiger partial charge in [0.05, 0.1) is 6.26 Å². The first-order valence-electron chi connectivity index (χ1n) is 6.13. The van der Waals surface area contributed by atoms with Gasteiger partial charge in [-0.3, -0.25) is 0 Å². The molecular formula is C14H17BrFNO. The molecule has 0 saturated carbocycles. The fraction of sp³-hybridized carbons (Fsp3) is 0.429. The second kappa shape index (κ2) is 5.85. The van der Waals surface area contributed by atoms with Crippen LogP contribution in [0.15, 0.2) is 27.3 Å². The van der Waals surface area contributed by atoms with Crippen LogP contribution in [0.4, 0.5) is 4.39 Å². The third-order valence-electron chi connectivity index (χ3n) is 2.80. The van der Waals surface area contributed by atoms with E-state index in [2.05, 4.69) is 35.1 Å². The van der Waals surface area contributed by atoms with Crippen molar-refractivity contribution in [3.8, 4) is 0 Å². The van der Waals surface area contributed by atoms with Crippen LogP contribution in [-0.2, 0) is 6.42 Å². The number of halogens is 2. The lowest BCUT2D eigenvalue weighted by molar-refractivity contribution is 0.546. The number of nitrogens with one attached hydrogen (secondary N) is 1. The summed E-state index contributed by atoms with van der Waals surface area (Å²) in [5.41, 5.74) is 1.39. The van der Waals surface area contributed by atoms with E-state index in [1.165, 1.54) is 6.07 Å². The van der Waals surface area contributed by atoms with Crippen LogP contribution in [-0.4, -0.2) is 13.1 Å². The Morgan fingerprint density at radius 2 is 2.17 bits per heavy atom. The summed E-state index contributed by atoms with van der Waals surface area (Å²) in [5, 5.41) is 4.22. The molecule has 0 saturated heterocycles. The van der Waals surface area contributed by atoms with E-state index in [0.717, 1.165) is 34.9 Å². The van der Waals surface area contributed by atoms with Crippen molar-refractivity contribution in [3.05, 3.63) is 34.2 Å². The quantitative estimate of drug-likeness (QED) is 0.840. The van der Waals surface area contributed by atoms with Gasteiger partial charge in [-0.1, -0.05) is 29.8 Å². The standard InChI is InChI=1S/C14H17BrFNO/c1-9(2)7-17-4-3-10-8-18-14-12(10)5-11(15)6-13(14)16/h5-6,8-9,17H,3-4,7H2,1-2H3. The number of fused-ring (bicyclic) bond motifs is 1. The smallest absolute Gasteiger partial charge is 0.169 e. The second-order valence-electron chi connectivity index (χ2n) is 4.87. The second-order valence-corrected chi connectivity index (χ2v) is 5.79. The molecule has 0 spiro atoms. The number of benzene rings is 1. The van der Waals surface area contributed by atoms with Gasteiger partial charge in [-0.05, 0) is 43.1 Å². The molecule has 0 radical (unpaired) electrons. The molecular weight excluding hydrogens is 297 g/mol. The lowest BCUT2D eigenvalue weighted by Crippen LogP contribution is -2.21. The Labute approximate surface area is 115 Å². The minimum Gasteiger partial charge on any atom is -0.461 e. The van der Waals surface area contributed by atoms with Crippen molar-refractivity contribution in [1.29, 1.82) is 0 Å². The summed E-state index contributed by atoms with van der Waals surface area (Å²) in [6, 6.07) is 3.33. The van der Waals surface area contributed by atoms with E-state index in [1.807, 2.05) is 6.07 Å². The molecule has 1 aromatic carbocycles. The average molecular weight is 314 g/mol. The van der Waals surface area contributed by atoms with Crippen LogP contribution < -0.4 is 5.32 Å². The van der Waals surface area contributed by atoms with Crippen LogP contribution in [0.2, 0.25) is 0 Å². The van der Waals surface area contributed by atoms with Gasteiger partial charge in [0.25, 0.3) is 0 Å². The van der Waals surface area contributed by atoms with Crippen molar-refractivity contribution in [1.82, 2.24) is 5.32 Å². The molecule has 0 atom stereocenters. The van der Waals surface area contributed by atoms with Gasteiger partial charge in [-0.2, -0.15) is 0 Å². The Morgan fingerprint density at radius 1 is 1.39 bits per heavy atom. The summed E-state index contributed by atoms with van der Waals surface area (Å²) in [6.45, 7) is 6.22. The molecule has 2 nitrogen and oxygen atoms in total. The molecule has 0 aliphatic heterocycles. The first-order chi connectivity index (χ1) is 8.58. The molecule has 0 aliphatic carbocycles. The third kappa shape index (κ3) is 3.12. The highest BCUT2D eigenvalue weighted by molar-refractivity contribution is 9.10. The molecule has 1 heterocycles. The zero-order chi connectivity index (χ0) is 13.1. The van der Waals surface area contributed by atoms with Crippen LogP contribution in [0.25, 0.3) is 11.0 Å². The molecule has 18 heavy (non-hydrogen) atoms. The first kappa shape index (κ1) is 13.6. The fourth-order valence-corrected chi connectivity index (χ4v) is 2.35. The van der Waals surface area contributed by atoms with Crippen molar-refractivity contribution in [2.75, 3.05) is 13.1 Å². The highest BCUT2D eigenvalue weighted by Gasteiger charge is 2.11. The summed E-state index contributed by atoms with van der Waals surface area (Å²) in [6.07, 6.45) is 2.49. The maximum absolute atomic E-state index is 13.6. The summed E-state index contributed by atoms with van der Waals surface area (Å²) in [4.78, 5) is 0. The van der Waals surface area contributed by atoms with E-state index in [9.17, 15) is 4.39 Å². The number of hydrogen-bond acceptors (Lipinski definition) is 2. The van der Waals surface area contributed by atoms with Crippen LogP contribution >= 0.6 is 15.9 Å². The van der Waals surface area contributed by atoms with E-state index in [4.69, 9.17) is 4.42 Å². The highest BCUT2D eigenvalue weighted by Crippen LogP contribution is 2.27. The predicted molar refractivity (Wildman–Crippen MR) is 75.3 cm³/mol. The Kier molecular flexibility index (Phi) is 4.40. The Hall–Kier alpha value is -0.870. The van der Waals surface area contributed by atoms with E-state index in [1.54, 1.807) is 6.26 Å². The maximum atomic E-state index is 13.6. The van der Waals surface area contributed by atoms with Crippen LogP contribution in [0, 0.1) is 11.7 Å². The van der Waals surface area contributed by atoms with Crippen molar-refractivity contribution >= 4 is 26.9 Å². The molecule has 1 aromatic heterocycles. The summed E-state index contributed by atoms with van der Waals surface area (Å²) < 4.78 is 19.6. The average Bonchev–Trinajstić information content (AvgIpc) is 2.67. The van der Waals surface area contributed by atoms with Crippen molar-refractivity contribution in [2.24, 2.45) is 5.92 Å². The minimum atomic E-state index is -0.319. The Morgan fingerprint density at radius 3 is 2.89 bits per heavy atom. The summed E-state index contributed by atoms with van der Waals surface area (Å²) in [7, 11) is 0. The third-order valence-corrected chi connectivity index (χ3v) is 3.25. The normalized spacial score (nSPS) is 11.6. The summed E-state index contributed by atoms with van der Waals surface area (Å²) >= 11 is 3.31. The van der Waals surface area contributed by atoms with Gasteiger partial charge in [0.15, 0.2) is 11.4 Å². The zero-order valence-electron chi connectivity index (χ0n) is 10.6. The van der Waals surface area contributed by atoms with Gasteiger partial charge in [0, 0.05) is 9.86 Å². The number of rotatable bonds is 5. The zero-order valence-corrected chi connectivity index (χ0v) is 12.2. The van der Waals surface area contributed by atoms with Gasteiger partial charge >= 0.3 is 0 Å². The molecule has 4 heteroatoms. The molecule has 0 aliphatic rings. The molecule has 0 fully saturated rings. The molecule has 0 bridgehead atoms. The van der Waals surface area contributed by atoms with Crippen molar-refractivity contribution in [3.63, 3.8) is 0 Å². The van der Waals surface area contributed by atoms with E-state index in [0.29, 0.717) is 11.5 Å². The highest BCUT2D eigenvalue weighted by atomic mass is 79.9. The lowest BCUT2D eigenvalue weighted by Gasteiger charge is -2.06. The van der Waals surface area contributed by atoms with E-state index < -0.39 is 0 Å². The summed E-state index contributed by atoms with van der Waals surface area (Å²) in [5.74, 6) is 0.318. The van der Waals surface area contributed by atoms with Gasteiger partial charge in [-0.15, -0.1) is 0 Å². The fourth-order valence-electron chi connectivity index (χ4n) is 1.92. The number of furan rings is 1. The monoisotopic (exact) mass is 313 g/mol. The van der Waals surface area contributed by atoms with Crippen molar-refractivity contribution in [2.45, 2.75) is 20.3 Å². The van der Waals surface area contributed by atoms with Gasteiger partial charge in [0.2, 0.25) is 0 Å². The Bertz CT molecular complexity index is 536. The molecule has 2 rings (SSSR count). The molecule has 98 valence electrons. The van der Waals surface area contributed by atoms with Gasteiger partial charge in [-0.25, -0.2) is 4.39 Å². The minimum absolute atomic E-state index is 0.319. The molecule has 0 unspecified atom stereocenters. The van der Waals surface area contributed by atoms with Gasteiger partial charge in [0.1, 0.15) is 0 Å². The molecule has 1 N–H and O–H groups in total. The predicted octanol–water partition coefficient (Wildman–Crippen LogP) is 4.12. The first-order valence-corrected chi connectivity index (χ1v) is 6.93. The SMILES string of the molecule is CC(C)CNCCc1coc2c(F)cc(Br)cc12. The Balaban J connectivity index is 2.09. The van der Waals surface area contributed by atoms with Gasteiger partial charge < -0.3 is 9.73 Å². The van der Waals surface area contributed by atoms with Crippen molar-refractivity contribution < 1.29 is 8.81 Å². The maximum Gasteiger partial charge on any atom is 0.169 e. The molecule has 2 aromatic rings.